The summed E-state index contributed by atoms with van der Waals surface area (Å²) in [6.45, 7) is 4.96. The van der Waals surface area contributed by atoms with Crippen molar-refractivity contribution in [2.45, 2.75) is 19.8 Å². The maximum atomic E-state index is 13.5. The first-order valence-corrected chi connectivity index (χ1v) is 7.16. The molecule has 102 valence electrons. The van der Waals surface area contributed by atoms with Crippen LogP contribution in [-0.2, 0) is 0 Å². The number of hydrogen-bond acceptors (Lipinski definition) is 3. The first-order chi connectivity index (χ1) is 9.15. The van der Waals surface area contributed by atoms with E-state index in [1.54, 1.807) is 17.4 Å². The molecular weight excluding hydrogens is 261 g/mol. The van der Waals surface area contributed by atoms with Crippen LogP contribution in [-0.4, -0.2) is 13.2 Å². The van der Waals surface area contributed by atoms with Crippen LogP contribution < -0.4 is 10.5 Å². The fourth-order valence-electron chi connectivity index (χ4n) is 2.12. The number of ether oxygens (including phenoxy) is 1. The number of rotatable bonds is 5. The highest BCUT2D eigenvalue weighted by molar-refractivity contribution is 7.12. The molecule has 0 radical (unpaired) electrons. The lowest BCUT2D eigenvalue weighted by Gasteiger charge is -2.18. The van der Waals surface area contributed by atoms with Crippen molar-refractivity contribution in [3.8, 4) is 5.75 Å². The summed E-state index contributed by atoms with van der Waals surface area (Å²) in [6, 6.07) is 8.73. The fraction of sp³-hybridized carbons (Fsp3) is 0.333. The number of hydrogen-bond donors (Lipinski definition) is 1. The second kappa shape index (κ2) is 6.17. The van der Waals surface area contributed by atoms with Crippen LogP contribution in [0.15, 0.2) is 30.3 Å². The summed E-state index contributed by atoms with van der Waals surface area (Å²) >= 11 is 1.69. The highest BCUT2D eigenvalue weighted by Gasteiger charge is 2.19. The molecular formula is C15H18FNOS. The quantitative estimate of drug-likeness (QED) is 0.906. The van der Waals surface area contributed by atoms with E-state index in [1.807, 2.05) is 6.92 Å². The molecule has 2 nitrogen and oxygen atoms in total. The second-order valence-electron chi connectivity index (χ2n) is 4.35. The molecule has 1 unspecified atom stereocenters. The molecule has 0 aliphatic heterocycles. The molecule has 0 spiro atoms. The minimum Gasteiger partial charge on any atom is -0.494 e. The van der Waals surface area contributed by atoms with Crippen molar-refractivity contribution in [3.05, 3.63) is 51.5 Å². The topological polar surface area (TPSA) is 35.2 Å². The lowest BCUT2D eigenvalue weighted by molar-refractivity contribution is 0.334. The van der Waals surface area contributed by atoms with Crippen LogP contribution in [0.25, 0.3) is 0 Å². The van der Waals surface area contributed by atoms with Crippen molar-refractivity contribution < 1.29 is 9.13 Å². The molecule has 1 aromatic heterocycles. The van der Waals surface area contributed by atoms with Crippen LogP contribution in [0.2, 0.25) is 0 Å². The molecule has 0 saturated carbocycles. The van der Waals surface area contributed by atoms with Crippen molar-refractivity contribution >= 4 is 11.3 Å². The highest BCUT2D eigenvalue weighted by Crippen LogP contribution is 2.35. The number of aryl methyl sites for hydroxylation is 1. The average Bonchev–Trinajstić information content (AvgIpc) is 2.80. The van der Waals surface area contributed by atoms with Crippen molar-refractivity contribution in [1.29, 1.82) is 0 Å². The van der Waals surface area contributed by atoms with Gasteiger partial charge in [-0.2, -0.15) is 0 Å². The van der Waals surface area contributed by atoms with Crippen LogP contribution in [0, 0.1) is 12.7 Å². The van der Waals surface area contributed by atoms with Crippen LogP contribution >= 0.6 is 11.3 Å². The Morgan fingerprint density at radius 3 is 2.68 bits per heavy atom. The van der Waals surface area contributed by atoms with Gasteiger partial charge in [0, 0.05) is 27.8 Å². The van der Waals surface area contributed by atoms with E-state index in [1.165, 1.54) is 17.0 Å². The van der Waals surface area contributed by atoms with Gasteiger partial charge in [-0.05, 0) is 44.2 Å². The van der Waals surface area contributed by atoms with E-state index < -0.39 is 0 Å². The Morgan fingerprint density at radius 2 is 2.11 bits per heavy atom. The van der Waals surface area contributed by atoms with E-state index in [-0.39, 0.29) is 11.7 Å². The van der Waals surface area contributed by atoms with Gasteiger partial charge in [0.1, 0.15) is 11.6 Å². The Balaban J connectivity index is 2.44. The van der Waals surface area contributed by atoms with E-state index in [4.69, 9.17) is 10.5 Å². The van der Waals surface area contributed by atoms with E-state index in [0.29, 0.717) is 18.9 Å². The molecule has 1 atom stereocenters. The third-order valence-electron chi connectivity index (χ3n) is 2.99. The molecule has 0 fully saturated rings. The van der Waals surface area contributed by atoms with Gasteiger partial charge < -0.3 is 10.5 Å². The largest absolute Gasteiger partial charge is 0.494 e. The highest BCUT2D eigenvalue weighted by atomic mass is 32.1. The molecule has 0 aliphatic carbocycles. The Labute approximate surface area is 117 Å². The van der Waals surface area contributed by atoms with Crippen molar-refractivity contribution in [1.82, 2.24) is 0 Å². The summed E-state index contributed by atoms with van der Waals surface area (Å²) in [5.41, 5.74) is 6.72. The third-order valence-corrected chi connectivity index (χ3v) is 4.10. The minimum atomic E-state index is -0.259. The Hall–Kier alpha value is -1.39. The molecule has 2 rings (SSSR count). The lowest BCUT2D eigenvalue weighted by atomic mass is 9.96. The SMILES string of the molecule is CCOc1ccc(F)cc1C(CN)c1ccc(C)s1. The molecule has 0 bridgehead atoms. The molecule has 1 aromatic carbocycles. The van der Waals surface area contributed by atoms with Crippen LogP contribution in [0.1, 0.15) is 28.2 Å². The van der Waals surface area contributed by atoms with Gasteiger partial charge in [-0.3, -0.25) is 0 Å². The molecule has 19 heavy (non-hydrogen) atoms. The maximum absolute atomic E-state index is 13.5. The molecule has 2 N–H and O–H groups in total. The zero-order valence-corrected chi connectivity index (χ0v) is 12.0. The summed E-state index contributed by atoms with van der Waals surface area (Å²) in [7, 11) is 0. The summed E-state index contributed by atoms with van der Waals surface area (Å²) < 4.78 is 19.1. The number of benzene rings is 1. The standard InChI is InChI=1S/C15H18FNOS/c1-3-18-14-6-5-11(16)8-12(14)13(9-17)15-7-4-10(2)19-15/h4-8,13H,3,9,17H2,1-2H3. The lowest BCUT2D eigenvalue weighted by Crippen LogP contribution is -2.14. The third kappa shape index (κ3) is 3.14. The predicted octanol–water partition coefficient (Wildman–Crippen LogP) is 3.68. The second-order valence-corrected chi connectivity index (χ2v) is 5.67. The Bertz CT molecular complexity index is 553. The van der Waals surface area contributed by atoms with Crippen LogP contribution in [0.4, 0.5) is 4.39 Å². The molecule has 0 amide bonds. The van der Waals surface area contributed by atoms with Gasteiger partial charge >= 0.3 is 0 Å². The van der Waals surface area contributed by atoms with Gasteiger partial charge in [-0.15, -0.1) is 11.3 Å². The summed E-state index contributed by atoms with van der Waals surface area (Å²) in [6.07, 6.45) is 0. The number of nitrogens with two attached hydrogens (primary N) is 1. The van der Waals surface area contributed by atoms with E-state index >= 15 is 0 Å². The van der Waals surface area contributed by atoms with Crippen molar-refractivity contribution in [2.75, 3.05) is 13.2 Å². The molecule has 1 heterocycles. The molecule has 0 aliphatic rings. The van der Waals surface area contributed by atoms with E-state index in [2.05, 4.69) is 19.1 Å². The maximum Gasteiger partial charge on any atom is 0.123 e. The van der Waals surface area contributed by atoms with Gasteiger partial charge in [0.2, 0.25) is 0 Å². The van der Waals surface area contributed by atoms with Crippen molar-refractivity contribution in [3.63, 3.8) is 0 Å². The predicted molar refractivity (Wildman–Crippen MR) is 77.5 cm³/mol. The van der Waals surface area contributed by atoms with Gasteiger partial charge in [0.05, 0.1) is 6.61 Å². The number of halogens is 1. The monoisotopic (exact) mass is 279 g/mol. The summed E-state index contributed by atoms with van der Waals surface area (Å²) in [5.74, 6) is 0.437. The molecule has 4 heteroatoms. The minimum absolute atomic E-state index is 0.0176. The van der Waals surface area contributed by atoms with E-state index in [0.717, 1.165) is 10.4 Å². The summed E-state index contributed by atoms with van der Waals surface area (Å²) in [4.78, 5) is 2.37. The summed E-state index contributed by atoms with van der Waals surface area (Å²) in [5, 5.41) is 0. The van der Waals surface area contributed by atoms with E-state index in [9.17, 15) is 4.39 Å². The zero-order valence-electron chi connectivity index (χ0n) is 11.2. The van der Waals surface area contributed by atoms with Crippen molar-refractivity contribution in [2.24, 2.45) is 5.73 Å². The smallest absolute Gasteiger partial charge is 0.123 e. The van der Waals surface area contributed by atoms with Crippen LogP contribution in [0.5, 0.6) is 5.75 Å². The van der Waals surface area contributed by atoms with Gasteiger partial charge in [0.15, 0.2) is 0 Å². The average molecular weight is 279 g/mol. The Kier molecular flexibility index (Phi) is 4.56. The zero-order chi connectivity index (χ0) is 13.8. The van der Waals surface area contributed by atoms with Gasteiger partial charge in [0.25, 0.3) is 0 Å². The number of thiophene rings is 1. The normalized spacial score (nSPS) is 12.4. The molecule has 0 saturated heterocycles. The Morgan fingerprint density at radius 1 is 1.32 bits per heavy atom. The van der Waals surface area contributed by atoms with Gasteiger partial charge in [-0.1, -0.05) is 0 Å². The first kappa shape index (κ1) is 14.0. The fourth-order valence-corrected chi connectivity index (χ4v) is 3.13. The van der Waals surface area contributed by atoms with Crippen LogP contribution in [0.3, 0.4) is 0 Å². The molecule has 2 aromatic rings. The van der Waals surface area contributed by atoms with Gasteiger partial charge in [-0.25, -0.2) is 4.39 Å². The first-order valence-electron chi connectivity index (χ1n) is 6.34.